The van der Waals surface area contributed by atoms with Crippen molar-refractivity contribution in [3.05, 3.63) is 33.5 Å². The zero-order valence-corrected chi connectivity index (χ0v) is 11.6. The van der Waals surface area contributed by atoms with Crippen molar-refractivity contribution in [3.8, 4) is 0 Å². The minimum Gasteiger partial charge on any atom is -0.311 e. The van der Waals surface area contributed by atoms with Crippen LogP contribution in [0.1, 0.15) is 21.3 Å². The van der Waals surface area contributed by atoms with Crippen molar-refractivity contribution >= 4 is 23.7 Å². The molecule has 2 aromatic rings. The largest absolute Gasteiger partial charge is 0.311 e. The summed E-state index contributed by atoms with van der Waals surface area (Å²) in [6.45, 7) is 5.95. The maximum atomic E-state index is 4.41. The summed E-state index contributed by atoms with van der Waals surface area (Å²) in [6.07, 6.45) is 2.82. The number of rotatable bonds is 5. The van der Waals surface area contributed by atoms with Crippen LogP contribution in [0.2, 0.25) is 0 Å². The molecular formula is C11H17ClN4S. The van der Waals surface area contributed by atoms with Gasteiger partial charge in [0.2, 0.25) is 0 Å². The first-order valence-corrected chi connectivity index (χ1v) is 6.19. The fourth-order valence-corrected chi connectivity index (χ4v) is 2.55. The van der Waals surface area contributed by atoms with Gasteiger partial charge in [-0.25, -0.2) is 4.98 Å². The van der Waals surface area contributed by atoms with Gasteiger partial charge < -0.3 is 5.32 Å². The molecule has 2 aromatic heterocycles. The molecule has 0 atom stereocenters. The Labute approximate surface area is 111 Å². The van der Waals surface area contributed by atoms with Crippen molar-refractivity contribution in [2.45, 2.75) is 26.8 Å². The Hall–Kier alpha value is -0.910. The highest BCUT2D eigenvalue weighted by Gasteiger charge is 2.03. The SMILES string of the molecule is Cc1nc(C)c(CCNCc2ccn[nH]2)s1.Cl. The molecule has 6 heteroatoms. The molecule has 0 aromatic carbocycles. The van der Waals surface area contributed by atoms with Gasteiger partial charge in [0, 0.05) is 29.9 Å². The van der Waals surface area contributed by atoms with Crippen molar-refractivity contribution in [3.63, 3.8) is 0 Å². The highest BCUT2D eigenvalue weighted by molar-refractivity contribution is 7.11. The highest BCUT2D eigenvalue weighted by atomic mass is 35.5. The van der Waals surface area contributed by atoms with Crippen LogP contribution in [0.4, 0.5) is 0 Å². The predicted octanol–water partition coefficient (Wildman–Crippen LogP) is 2.24. The van der Waals surface area contributed by atoms with Crippen molar-refractivity contribution in [2.75, 3.05) is 6.54 Å². The number of thiazole rings is 1. The Morgan fingerprint density at radius 1 is 1.41 bits per heavy atom. The van der Waals surface area contributed by atoms with Gasteiger partial charge in [-0.05, 0) is 26.3 Å². The van der Waals surface area contributed by atoms with Crippen molar-refractivity contribution in [2.24, 2.45) is 0 Å². The van der Waals surface area contributed by atoms with Gasteiger partial charge in [0.15, 0.2) is 0 Å². The van der Waals surface area contributed by atoms with Crippen LogP contribution in [-0.4, -0.2) is 21.7 Å². The van der Waals surface area contributed by atoms with E-state index in [0.717, 1.165) is 30.2 Å². The van der Waals surface area contributed by atoms with Crippen LogP contribution in [0.5, 0.6) is 0 Å². The Morgan fingerprint density at radius 3 is 2.82 bits per heavy atom. The standard InChI is InChI=1S/C11H16N4S.ClH/c1-8-11(16-9(2)14-8)4-5-12-7-10-3-6-13-15-10;/h3,6,12H,4-5,7H2,1-2H3,(H,13,15);1H. The minimum atomic E-state index is 0. The first kappa shape index (κ1) is 14.2. The molecule has 17 heavy (non-hydrogen) atoms. The molecule has 0 unspecified atom stereocenters. The van der Waals surface area contributed by atoms with Gasteiger partial charge in [0.25, 0.3) is 0 Å². The van der Waals surface area contributed by atoms with E-state index in [9.17, 15) is 0 Å². The zero-order valence-electron chi connectivity index (χ0n) is 9.99. The van der Waals surface area contributed by atoms with E-state index in [-0.39, 0.29) is 12.4 Å². The van der Waals surface area contributed by atoms with Crippen molar-refractivity contribution < 1.29 is 0 Å². The summed E-state index contributed by atoms with van der Waals surface area (Å²) in [7, 11) is 0. The summed E-state index contributed by atoms with van der Waals surface area (Å²) < 4.78 is 0. The van der Waals surface area contributed by atoms with Crippen LogP contribution in [-0.2, 0) is 13.0 Å². The van der Waals surface area contributed by atoms with E-state index < -0.39 is 0 Å². The minimum absolute atomic E-state index is 0. The quantitative estimate of drug-likeness (QED) is 0.821. The Morgan fingerprint density at radius 2 is 2.24 bits per heavy atom. The third-order valence-electron chi connectivity index (χ3n) is 2.40. The lowest BCUT2D eigenvalue weighted by Gasteiger charge is -2.01. The molecule has 0 aliphatic carbocycles. The number of aromatic nitrogens is 3. The molecule has 0 bridgehead atoms. The average molecular weight is 273 g/mol. The maximum absolute atomic E-state index is 4.41. The van der Waals surface area contributed by atoms with Gasteiger partial charge in [0.05, 0.1) is 10.7 Å². The van der Waals surface area contributed by atoms with Crippen LogP contribution in [0.25, 0.3) is 0 Å². The number of nitrogens with one attached hydrogen (secondary N) is 2. The van der Waals surface area contributed by atoms with Crippen LogP contribution >= 0.6 is 23.7 Å². The Kier molecular flexibility index (Phi) is 5.61. The van der Waals surface area contributed by atoms with E-state index in [0.29, 0.717) is 0 Å². The van der Waals surface area contributed by atoms with Gasteiger partial charge in [0.1, 0.15) is 0 Å². The molecule has 2 N–H and O–H groups in total. The molecule has 2 rings (SSSR count). The van der Waals surface area contributed by atoms with E-state index in [1.165, 1.54) is 10.6 Å². The summed E-state index contributed by atoms with van der Waals surface area (Å²) in [6, 6.07) is 1.98. The molecule has 2 heterocycles. The van der Waals surface area contributed by atoms with Crippen molar-refractivity contribution in [1.29, 1.82) is 0 Å². The van der Waals surface area contributed by atoms with E-state index in [1.807, 2.05) is 6.07 Å². The van der Waals surface area contributed by atoms with Crippen LogP contribution < -0.4 is 5.32 Å². The number of aryl methyl sites for hydroxylation is 2. The summed E-state index contributed by atoms with van der Waals surface area (Å²) in [5.41, 5.74) is 2.29. The molecule has 0 saturated carbocycles. The smallest absolute Gasteiger partial charge is 0.0900 e. The third kappa shape index (κ3) is 4.11. The Balaban J connectivity index is 0.00000144. The second-order valence-electron chi connectivity index (χ2n) is 3.75. The second kappa shape index (κ2) is 6.74. The van der Waals surface area contributed by atoms with E-state index in [4.69, 9.17) is 0 Å². The maximum Gasteiger partial charge on any atom is 0.0900 e. The predicted molar refractivity (Wildman–Crippen MR) is 72.8 cm³/mol. The summed E-state index contributed by atoms with van der Waals surface area (Å²) >= 11 is 1.79. The summed E-state index contributed by atoms with van der Waals surface area (Å²) in [5.74, 6) is 0. The number of H-pyrrole nitrogens is 1. The average Bonchev–Trinajstić information content (AvgIpc) is 2.84. The molecule has 0 amide bonds. The summed E-state index contributed by atoms with van der Waals surface area (Å²) in [5, 5.41) is 11.4. The van der Waals surface area contributed by atoms with Gasteiger partial charge >= 0.3 is 0 Å². The number of hydrogen-bond donors (Lipinski definition) is 2. The van der Waals surface area contributed by atoms with E-state index >= 15 is 0 Å². The van der Waals surface area contributed by atoms with Crippen LogP contribution in [0.15, 0.2) is 12.3 Å². The first-order valence-electron chi connectivity index (χ1n) is 5.37. The van der Waals surface area contributed by atoms with Gasteiger partial charge in [-0.2, -0.15) is 5.10 Å². The Bertz CT molecular complexity index is 438. The third-order valence-corrected chi connectivity index (χ3v) is 3.53. The van der Waals surface area contributed by atoms with Crippen LogP contribution in [0.3, 0.4) is 0 Å². The molecule has 0 radical (unpaired) electrons. The number of nitrogens with zero attached hydrogens (tertiary/aromatic N) is 2. The molecule has 94 valence electrons. The molecule has 0 aliphatic rings. The molecular weight excluding hydrogens is 256 g/mol. The topological polar surface area (TPSA) is 53.6 Å². The van der Waals surface area contributed by atoms with Crippen molar-refractivity contribution in [1.82, 2.24) is 20.5 Å². The van der Waals surface area contributed by atoms with Gasteiger partial charge in [-0.1, -0.05) is 0 Å². The monoisotopic (exact) mass is 272 g/mol. The lowest BCUT2D eigenvalue weighted by atomic mass is 10.3. The molecule has 4 nitrogen and oxygen atoms in total. The van der Waals surface area contributed by atoms with Gasteiger partial charge in [-0.15, -0.1) is 23.7 Å². The highest BCUT2D eigenvalue weighted by Crippen LogP contribution is 2.16. The molecule has 0 saturated heterocycles. The molecule has 0 spiro atoms. The number of aromatic amines is 1. The fourth-order valence-electron chi connectivity index (χ4n) is 1.61. The first-order chi connectivity index (χ1) is 7.75. The fraction of sp³-hybridized carbons (Fsp3) is 0.455. The van der Waals surface area contributed by atoms with Gasteiger partial charge in [-0.3, -0.25) is 5.10 Å². The second-order valence-corrected chi connectivity index (χ2v) is 5.04. The summed E-state index contributed by atoms with van der Waals surface area (Å²) in [4.78, 5) is 5.80. The zero-order chi connectivity index (χ0) is 11.4. The number of halogens is 1. The molecule has 0 fully saturated rings. The number of hydrogen-bond acceptors (Lipinski definition) is 4. The van der Waals surface area contributed by atoms with E-state index in [1.54, 1.807) is 17.5 Å². The molecule has 0 aliphatic heterocycles. The van der Waals surface area contributed by atoms with Crippen LogP contribution in [0, 0.1) is 13.8 Å². The lowest BCUT2D eigenvalue weighted by Crippen LogP contribution is -2.16. The normalized spacial score (nSPS) is 10.2. The lowest BCUT2D eigenvalue weighted by molar-refractivity contribution is 0.674. The van der Waals surface area contributed by atoms with E-state index in [2.05, 4.69) is 34.3 Å².